The number of hydrogen-bond acceptors (Lipinski definition) is 3. The molecule has 244 valence electrons. The van der Waals surface area contributed by atoms with Crippen LogP contribution in [0.4, 0.5) is 0 Å². The number of rotatable bonds is 6. The van der Waals surface area contributed by atoms with E-state index in [1.807, 2.05) is 42.5 Å². The van der Waals surface area contributed by atoms with E-state index in [0.717, 1.165) is 61.6 Å². The lowest BCUT2D eigenvalue weighted by atomic mass is 9.93. The number of aromatic nitrogens is 5. The highest BCUT2D eigenvalue weighted by Gasteiger charge is 2.21. The van der Waals surface area contributed by atoms with E-state index in [-0.39, 0.29) is 0 Å². The molecule has 0 N–H and O–H groups in total. The van der Waals surface area contributed by atoms with Gasteiger partial charge in [-0.3, -0.25) is 8.97 Å². The molecule has 7 aromatic carbocycles. The Morgan fingerprint density at radius 1 is 0.327 bits per heavy atom. The summed E-state index contributed by atoms with van der Waals surface area (Å²) in [5.74, 6) is 2.22. The van der Waals surface area contributed by atoms with Crippen molar-refractivity contribution in [3.8, 4) is 61.8 Å². The summed E-state index contributed by atoms with van der Waals surface area (Å²) in [4.78, 5) is 15.5. The Labute approximate surface area is 300 Å². The summed E-state index contributed by atoms with van der Waals surface area (Å²) >= 11 is 0. The van der Waals surface area contributed by atoms with Crippen LogP contribution in [0.2, 0.25) is 0 Å². The molecule has 0 saturated carbocycles. The van der Waals surface area contributed by atoms with Gasteiger partial charge in [0.2, 0.25) is 5.78 Å². The van der Waals surface area contributed by atoms with Gasteiger partial charge in [-0.05, 0) is 75.8 Å². The molecule has 0 spiro atoms. The molecule has 0 fully saturated rings. The highest BCUT2D eigenvalue weighted by Crippen LogP contribution is 2.37. The molecule has 0 unspecified atom stereocenters. The Bertz CT molecular complexity index is 2760. The van der Waals surface area contributed by atoms with Crippen molar-refractivity contribution < 1.29 is 0 Å². The fourth-order valence-electron chi connectivity index (χ4n) is 7.22. The van der Waals surface area contributed by atoms with E-state index in [9.17, 15) is 0 Å². The van der Waals surface area contributed by atoms with Gasteiger partial charge in [-0.15, -0.1) is 0 Å². The quantitative estimate of drug-likeness (QED) is 0.178. The molecular formula is C47H31N5. The summed E-state index contributed by atoms with van der Waals surface area (Å²) in [6.45, 7) is 0. The van der Waals surface area contributed by atoms with E-state index in [0.29, 0.717) is 5.82 Å². The van der Waals surface area contributed by atoms with Crippen LogP contribution >= 0.6 is 0 Å². The van der Waals surface area contributed by atoms with E-state index in [1.54, 1.807) is 0 Å². The SMILES string of the molecule is c1ccc(-c2cc(-c3ccccc3)cc(-c3ccc4c(c3)n3c5ccccc5nc3n4-c3cc(-c4ccccc4)nc(-c4ccccc4)n3)c2)cc1. The summed E-state index contributed by atoms with van der Waals surface area (Å²) in [6.07, 6.45) is 0. The predicted octanol–water partition coefficient (Wildman–Crippen LogP) is 11.6. The maximum absolute atomic E-state index is 5.21. The van der Waals surface area contributed by atoms with Crippen molar-refractivity contribution in [1.82, 2.24) is 23.9 Å². The molecule has 0 amide bonds. The molecule has 0 bridgehead atoms. The van der Waals surface area contributed by atoms with Gasteiger partial charge >= 0.3 is 0 Å². The topological polar surface area (TPSA) is 48.0 Å². The molecule has 52 heavy (non-hydrogen) atoms. The Balaban J connectivity index is 1.23. The van der Waals surface area contributed by atoms with Gasteiger partial charge < -0.3 is 0 Å². The Morgan fingerprint density at radius 3 is 1.50 bits per heavy atom. The zero-order chi connectivity index (χ0) is 34.4. The van der Waals surface area contributed by atoms with Crippen LogP contribution in [0.25, 0.3) is 89.7 Å². The second-order valence-corrected chi connectivity index (χ2v) is 13.0. The molecule has 0 aliphatic rings. The van der Waals surface area contributed by atoms with E-state index in [2.05, 4.69) is 155 Å². The van der Waals surface area contributed by atoms with E-state index in [4.69, 9.17) is 15.0 Å². The molecule has 10 rings (SSSR count). The van der Waals surface area contributed by atoms with Crippen molar-refractivity contribution in [2.24, 2.45) is 0 Å². The Morgan fingerprint density at radius 2 is 0.865 bits per heavy atom. The molecular weight excluding hydrogens is 635 g/mol. The van der Waals surface area contributed by atoms with Gasteiger partial charge in [-0.2, -0.15) is 0 Å². The first-order valence-electron chi connectivity index (χ1n) is 17.5. The van der Waals surface area contributed by atoms with Crippen molar-refractivity contribution in [3.05, 3.63) is 188 Å². The van der Waals surface area contributed by atoms with Gasteiger partial charge in [0.25, 0.3) is 0 Å². The number of fused-ring (bicyclic) bond motifs is 5. The van der Waals surface area contributed by atoms with E-state index in [1.165, 1.54) is 22.3 Å². The molecule has 5 heteroatoms. The summed E-state index contributed by atoms with van der Waals surface area (Å²) < 4.78 is 4.44. The monoisotopic (exact) mass is 665 g/mol. The van der Waals surface area contributed by atoms with Gasteiger partial charge in [0.1, 0.15) is 5.82 Å². The molecule has 0 radical (unpaired) electrons. The highest BCUT2D eigenvalue weighted by atomic mass is 15.2. The highest BCUT2D eigenvalue weighted by molar-refractivity contribution is 5.95. The zero-order valence-corrected chi connectivity index (χ0v) is 28.1. The lowest BCUT2D eigenvalue weighted by molar-refractivity contribution is 1.02. The third kappa shape index (κ3) is 5.15. The third-order valence-corrected chi connectivity index (χ3v) is 9.72. The first-order valence-corrected chi connectivity index (χ1v) is 17.5. The molecule has 10 aromatic rings. The summed E-state index contributed by atoms with van der Waals surface area (Å²) in [7, 11) is 0. The van der Waals surface area contributed by atoms with Crippen LogP contribution in [0, 0.1) is 0 Å². The minimum Gasteiger partial charge on any atom is -0.276 e. The number of para-hydroxylation sites is 2. The fourth-order valence-corrected chi connectivity index (χ4v) is 7.22. The maximum Gasteiger partial charge on any atom is 0.221 e. The normalized spacial score (nSPS) is 11.5. The number of nitrogens with zero attached hydrogens (tertiary/aromatic N) is 5. The van der Waals surface area contributed by atoms with Crippen molar-refractivity contribution in [1.29, 1.82) is 0 Å². The van der Waals surface area contributed by atoms with Crippen molar-refractivity contribution in [3.63, 3.8) is 0 Å². The van der Waals surface area contributed by atoms with Crippen LogP contribution in [-0.2, 0) is 0 Å². The summed E-state index contributed by atoms with van der Waals surface area (Å²) in [5, 5.41) is 0. The van der Waals surface area contributed by atoms with Crippen LogP contribution in [0.1, 0.15) is 0 Å². The smallest absolute Gasteiger partial charge is 0.221 e. The lowest BCUT2D eigenvalue weighted by Gasteiger charge is -2.12. The van der Waals surface area contributed by atoms with Gasteiger partial charge in [0.05, 0.1) is 27.8 Å². The largest absolute Gasteiger partial charge is 0.276 e. The summed E-state index contributed by atoms with van der Waals surface area (Å²) in [6, 6.07) is 65.7. The molecule has 0 aliphatic heterocycles. The van der Waals surface area contributed by atoms with Crippen LogP contribution in [-0.4, -0.2) is 23.9 Å². The van der Waals surface area contributed by atoms with Gasteiger partial charge in [0, 0.05) is 17.2 Å². The van der Waals surface area contributed by atoms with Gasteiger partial charge in [-0.25, -0.2) is 15.0 Å². The average Bonchev–Trinajstić information content (AvgIpc) is 3.76. The van der Waals surface area contributed by atoms with Gasteiger partial charge in [-0.1, -0.05) is 140 Å². The molecule has 5 nitrogen and oxygen atoms in total. The average molecular weight is 666 g/mol. The fraction of sp³-hybridized carbons (Fsp3) is 0. The van der Waals surface area contributed by atoms with Crippen molar-refractivity contribution in [2.45, 2.75) is 0 Å². The summed E-state index contributed by atoms with van der Waals surface area (Å²) in [5.41, 5.74) is 13.9. The Kier molecular flexibility index (Phi) is 7.07. The van der Waals surface area contributed by atoms with Crippen LogP contribution in [0.3, 0.4) is 0 Å². The zero-order valence-electron chi connectivity index (χ0n) is 28.1. The minimum absolute atomic E-state index is 0.663. The van der Waals surface area contributed by atoms with Crippen LogP contribution < -0.4 is 0 Å². The van der Waals surface area contributed by atoms with Gasteiger partial charge in [0.15, 0.2) is 5.82 Å². The predicted molar refractivity (Wildman–Crippen MR) is 212 cm³/mol. The van der Waals surface area contributed by atoms with E-state index >= 15 is 0 Å². The van der Waals surface area contributed by atoms with Crippen molar-refractivity contribution >= 4 is 27.8 Å². The Hall–Kier alpha value is -7.11. The second kappa shape index (κ2) is 12.3. The number of hydrogen-bond donors (Lipinski definition) is 0. The minimum atomic E-state index is 0.663. The molecule has 3 aromatic heterocycles. The first-order chi connectivity index (χ1) is 25.8. The van der Waals surface area contributed by atoms with Crippen LogP contribution in [0.15, 0.2) is 188 Å². The third-order valence-electron chi connectivity index (χ3n) is 9.72. The molecule has 0 saturated heterocycles. The lowest BCUT2D eigenvalue weighted by Crippen LogP contribution is -2.03. The first kappa shape index (κ1) is 29.8. The number of benzene rings is 7. The standard InChI is InChI=1S/C47H31N5/c1-5-15-32(16-6-1)37-27-38(33-17-7-2-8-18-33)29-39(28-37)36-25-26-43-44(30-36)51-42-24-14-13-23-40(42)49-47(51)52(43)45-31-41(34-19-9-3-10-20-34)48-46(50-45)35-21-11-4-12-22-35/h1-31H. The molecule has 0 aliphatic carbocycles. The van der Waals surface area contributed by atoms with Crippen molar-refractivity contribution in [2.75, 3.05) is 0 Å². The number of imidazole rings is 2. The second-order valence-electron chi connectivity index (χ2n) is 13.0. The molecule has 3 heterocycles. The molecule has 0 atom stereocenters. The van der Waals surface area contributed by atoms with E-state index < -0.39 is 0 Å². The van der Waals surface area contributed by atoms with Crippen LogP contribution in [0.5, 0.6) is 0 Å². The maximum atomic E-state index is 5.21.